The zero-order valence-corrected chi connectivity index (χ0v) is 11.4. The Balaban J connectivity index is 5.07. The number of carbonyl (C=O) groups is 2. The molecule has 0 rings (SSSR count). The van der Waals surface area contributed by atoms with Crippen LogP contribution in [0.2, 0.25) is 0 Å². The van der Waals surface area contributed by atoms with Gasteiger partial charge in [0.05, 0.1) is 6.54 Å². The van der Waals surface area contributed by atoms with E-state index >= 15 is 0 Å². The van der Waals surface area contributed by atoms with Crippen molar-refractivity contribution >= 4 is 24.1 Å². The van der Waals surface area contributed by atoms with Gasteiger partial charge in [-0.2, -0.15) is 4.99 Å². The van der Waals surface area contributed by atoms with Crippen molar-refractivity contribution in [3.8, 4) is 0 Å². The number of hydrogen-bond donors (Lipinski definition) is 0. The summed E-state index contributed by atoms with van der Waals surface area (Å²) in [6.07, 6.45) is 2.36. The highest BCUT2D eigenvalue weighted by Crippen LogP contribution is 2.09. The maximum atomic E-state index is 11.5. The van der Waals surface area contributed by atoms with E-state index in [2.05, 4.69) is 23.1 Å². The lowest BCUT2D eigenvalue weighted by Crippen LogP contribution is -2.36. The SMILES string of the molecule is C=CC(=O)OCC(N=C=O)C(CN=C=O)OC(=O)C(=C)C. The Morgan fingerprint density at radius 2 is 2.00 bits per heavy atom. The number of nitrogens with zero attached hydrogens (tertiary/aromatic N) is 2. The minimum absolute atomic E-state index is 0.104. The molecule has 8 heteroatoms. The van der Waals surface area contributed by atoms with Crippen molar-refractivity contribution < 1.29 is 28.7 Å². The zero-order valence-electron chi connectivity index (χ0n) is 11.4. The topological polar surface area (TPSA) is 111 Å². The number of isocyanates is 2. The molecule has 0 amide bonds. The van der Waals surface area contributed by atoms with E-state index in [9.17, 15) is 19.2 Å². The molecule has 0 aromatic carbocycles. The van der Waals surface area contributed by atoms with Crippen molar-refractivity contribution in [2.75, 3.05) is 13.2 Å². The van der Waals surface area contributed by atoms with E-state index in [0.717, 1.165) is 6.08 Å². The maximum Gasteiger partial charge on any atom is 0.333 e. The molecule has 0 aliphatic carbocycles. The van der Waals surface area contributed by atoms with E-state index in [1.165, 1.54) is 19.1 Å². The van der Waals surface area contributed by atoms with Gasteiger partial charge in [0.25, 0.3) is 0 Å². The Morgan fingerprint density at radius 3 is 2.48 bits per heavy atom. The number of carbonyl (C=O) groups excluding carboxylic acids is 4. The summed E-state index contributed by atoms with van der Waals surface area (Å²) in [6, 6.07) is -1.06. The number of rotatable bonds is 9. The molecule has 0 heterocycles. The number of hydrogen-bond acceptors (Lipinski definition) is 8. The Bertz CT molecular complexity index is 515. The third kappa shape index (κ3) is 7.37. The molecule has 0 aliphatic heterocycles. The van der Waals surface area contributed by atoms with Crippen LogP contribution in [0.4, 0.5) is 0 Å². The molecule has 0 saturated carbocycles. The van der Waals surface area contributed by atoms with Crippen LogP contribution in [0.5, 0.6) is 0 Å². The molecule has 21 heavy (non-hydrogen) atoms. The van der Waals surface area contributed by atoms with Gasteiger partial charge >= 0.3 is 11.9 Å². The summed E-state index contributed by atoms with van der Waals surface area (Å²) in [7, 11) is 0. The van der Waals surface area contributed by atoms with E-state index in [1.54, 1.807) is 0 Å². The second kappa shape index (κ2) is 10.0. The summed E-state index contributed by atoms with van der Waals surface area (Å²) < 4.78 is 9.72. The highest BCUT2D eigenvalue weighted by molar-refractivity contribution is 5.87. The van der Waals surface area contributed by atoms with Crippen LogP contribution in [0, 0.1) is 0 Å². The summed E-state index contributed by atoms with van der Waals surface area (Å²) in [5.74, 6) is -1.51. The molecule has 0 aromatic heterocycles. The van der Waals surface area contributed by atoms with Crippen LogP contribution in [0.3, 0.4) is 0 Å². The largest absolute Gasteiger partial charge is 0.460 e. The van der Waals surface area contributed by atoms with Gasteiger partial charge in [-0.1, -0.05) is 13.2 Å². The van der Waals surface area contributed by atoms with Crippen molar-refractivity contribution in [2.45, 2.75) is 19.1 Å². The van der Waals surface area contributed by atoms with Crippen LogP contribution in [-0.2, 0) is 28.7 Å². The first-order valence-corrected chi connectivity index (χ1v) is 5.72. The van der Waals surface area contributed by atoms with Crippen LogP contribution in [-0.4, -0.2) is 49.4 Å². The molecule has 0 aliphatic rings. The van der Waals surface area contributed by atoms with Gasteiger partial charge in [-0.05, 0) is 6.92 Å². The first kappa shape index (κ1) is 18.2. The summed E-state index contributed by atoms with van der Waals surface area (Å²) in [6.45, 7) is 7.33. The van der Waals surface area contributed by atoms with Gasteiger partial charge in [-0.25, -0.2) is 24.2 Å². The maximum absolute atomic E-state index is 11.5. The fraction of sp³-hybridized carbons (Fsp3) is 0.385. The molecule has 8 nitrogen and oxygen atoms in total. The smallest absolute Gasteiger partial charge is 0.333 e. The lowest BCUT2D eigenvalue weighted by molar-refractivity contribution is -0.146. The summed E-state index contributed by atoms with van der Waals surface area (Å²) in [4.78, 5) is 49.7. The van der Waals surface area contributed by atoms with Gasteiger partial charge in [0.1, 0.15) is 18.8 Å². The normalized spacial score (nSPS) is 11.9. The van der Waals surface area contributed by atoms with E-state index < -0.39 is 24.1 Å². The minimum Gasteiger partial charge on any atom is -0.460 e. The van der Waals surface area contributed by atoms with Gasteiger partial charge in [0, 0.05) is 11.6 Å². The monoisotopic (exact) mass is 294 g/mol. The number of aliphatic imine (C=N–C) groups is 2. The molecule has 0 spiro atoms. The van der Waals surface area contributed by atoms with Crippen LogP contribution in [0.1, 0.15) is 6.92 Å². The van der Waals surface area contributed by atoms with Crippen molar-refractivity contribution in [1.29, 1.82) is 0 Å². The summed E-state index contributed by atoms with van der Waals surface area (Å²) in [5, 5.41) is 0. The fourth-order valence-corrected chi connectivity index (χ4v) is 1.12. The van der Waals surface area contributed by atoms with Crippen molar-refractivity contribution in [3.63, 3.8) is 0 Å². The second-order valence-electron chi connectivity index (χ2n) is 3.78. The molecular formula is C13H14N2O6. The predicted octanol–water partition coefficient (Wildman–Crippen LogP) is 0.244. The molecule has 0 bridgehead atoms. The number of ether oxygens (including phenoxy) is 2. The molecule has 0 aromatic rings. The zero-order chi connectivity index (χ0) is 16.3. The molecule has 0 N–H and O–H groups in total. The highest BCUT2D eigenvalue weighted by Gasteiger charge is 2.26. The van der Waals surface area contributed by atoms with Gasteiger partial charge in [0.15, 0.2) is 0 Å². The lowest BCUT2D eigenvalue weighted by Gasteiger charge is -2.21. The van der Waals surface area contributed by atoms with E-state index in [4.69, 9.17) is 9.47 Å². The molecule has 2 unspecified atom stereocenters. The van der Waals surface area contributed by atoms with Gasteiger partial charge < -0.3 is 9.47 Å². The van der Waals surface area contributed by atoms with Crippen molar-refractivity contribution in [3.05, 3.63) is 24.8 Å². The number of esters is 2. The molecular weight excluding hydrogens is 280 g/mol. The van der Waals surface area contributed by atoms with E-state index in [0.29, 0.717) is 0 Å². The lowest BCUT2D eigenvalue weighted by atomic mass is 10.1. The Labute approximate surface area is 120 Å². The Kier molecular flexibility index (Phi) is 8.68. The molecule has 0 fully saturated rings. The van der Waals surface area contributed by atoms with Gasteiger partial charge in [0.2, 0.25) is 12.2 Å². The molecule has 0 saturated heterocycles. The van der Waals surface area contributed by atoms with Crippen LogP contribution in [0.15, 0.2) is 34.8 Å². The molecule has 112 valence electrons. The Morgan fingerprint density at radius 1 is 1.33 bits per heavy atom. The van der Waals surface area contributed by atoms with E-state index in [1.807, 2.05) is 0 Å². The second-order valence-corrected chi connectivity index (χ2v) is 3.78. The Hall–Kier alpha value is -2.82. The van der Waals surface area contributed by atoms with Crippen molar-refractivity contribution in [2.24, 2.45) is 9.98 Å². The minimum atomic E-state index is -1.10. The van der Waals surface area contributed by atoms with Gasteiger partial charge in [-0.3, -0.25) is 0 Å². The predicted molar refractivity (Wildman–Crippen MR) is 70.7 cm³/mol. The van der Waals surface area contributed by atoms with Crippen LogP contribution < -0.4 is 0 Å². The first-order chi connectivity index (χ1) is 9.96. The highest BCUT2D eigenvalue weighted by atomic mass is 16.6. The van der Waals surface area contributed by atoms with Crippen molar-refractivity contribution in [1.82, 2.24) is 0 Å². The molecule has 0 radical (unpaired) electrons. The summed E-state index contributed by atoms with van der Waals surface area (Å²) in [5.41, 5.74) is 0.104. The average Bonchev–Trinajstić information content (AvgIpc) is 2.47. The summed E-state index contributed by atoms with van der Waals surface area (Å²) >= 11 is 0. The third-order valence-electron chi connectivity index (χ3n) is 2.15. The average molecular weight is 294 g/mol. The standard InChI is InChI=1S/C13H14N2O6/c1-4-12(18)20-6-10(15-8-17)11(5-14-7-16)21-13(19)9(2)3/h4,10-11H,1-2,5-6H2,3H3. The molecule has 2 atom stereocenters. The van der Waals surface area contributed by atoms with Crippen LogP contribution in [0.25, 0.3) is 0 Å². The van der Waals surface area contributed by atoms with E-state index in [-0.39, 0.29) is 18.7 Å². The fourth-order valence-electron chi connectivity index (χ4n) is 1.12. The van der Waals surface area contributed by atoms with Gasteiger partial charge in [-0.15, -0.1) is 0 Å². The quantitative estimate of drug-likeness (QED) is 0.261. The van der Waals surface area contributed by atoms with Crippen LogP contribution >= 0.6 is 0 Å². The third-order valence-corrected chi connectivity index (χ3v) is 2.15. The first-order valence-electron chi connectivity index (χ1n) is 5.72.